The third-order valence-corrected chi connectivity index (χ3v) is 3.67. The van der Waals surface area contributed by atoms with E-state index in [2.05, 4.69) is 25.3 Å². The topological polar surface area (TPSA) is 85.2 Å². The average Bonchev–Trinajstić information content (AvgIpc) is 3.16. The van der Waals surface area contributed by atoms with Gasteiger partial charge in [0, 0.05) is 32.3 Å². The minimum absolute atomic E-state index is 0.119. The molecule has 0 aromatic carbocycles. The highest BCUT2D eigenvalue weighted by Crippen LogP contribution is 2.26. The van der Waals surface area contributed by atoms with Crippen LogP contribution >= 0.6 is 0 Å². The molecule has 0 saturated carbocycles. The fourth-order valence-corrected chi connectivity index (χ4v) is 2.66. The zero-order valence-electron chi connectivity index (χ0n) is 13.3. The molecule has 2 aromatic rings. The summed E-state index contributed by atoms with van der Waals surface area (Å²) in [5, 5.41) is 7.09. The number of ether oxygens (including phenoxy) is 1. The lowest BCUT2D eigenvalue weighted by molar-refractivity contribution is -0.114. The van der Waals surface area contributed by atoms with Crippen LogP contribution in [-0.4, -0.2) is 45.4 Å². The smallest absolute Gasteiger partial charge is 0.234 e. The maximum absolute atomic E-state index is 11.1. The van der Waals surface area contributed by atoms with Crippen LogP contribution < -0.4 is 15.0 Å². The highest BCUT2D eigenvalue weighted by atomic mass is 16.5. The van der Waals surface area contributed by atoms with Crippen molar-refractivity contribution < 1.29 is 9.53 Å². The van der Waals surface area contributed by atoms with Crippen LogP contribution in [-0.2, 0) is 4.79 Å². The number of nitrogens with one attached hydrogen (secondary N) is 1. The molecule has 1 aliphatic heterocycles. The Hall–Kier alpha value is -2.64. The lowest BCUT2D eigenvalue weighted by Crippen LogP contribution is -2.22. The van der Waals surface area contributed by atoms with Crippen LogP contribution in [0, 0.1) is 0 Å². The molecule has 0 radical (unpaired) electrons. The van der Waals surface area contributed by atoms with Crippen molar-refractivity contribution in [2.75, 3.05) is 29.9 Å². The van der Waals surface area contributed by atoms with Crippen molar-refractivity contribution >= 4 is 17.5 Å². The molecule has 0 aliphatic carbocycles. The molecule has 1 N–H and O–H groups in total. The Morgan fingerprint density at radius 2 is 2.35 bits per heavy atom. The predicted molar refractivity (Wildman–Crippen MR) is 85.6 cm³/mol. The van der Waals surface area contributed by atoms with E-state index in [1.54, 1.807) is 18.5 Å². The minimum atomic E-state index is -0.119. The Kier molecular flexibility index (Phi) is 4.40. The first kappa shape index (κ1) is 15.3. The number of hydrogen-bond acceptors (Lipinski definition) is 6. The summed E-state index contributed by atoms with van der Waals surface area (Å²) in [6.45, 7) is 5.64. The molecule has 1 fully saturated rings. The van der Waals surface area contributed by atoms with Crippen molar-refractivity contribution in [1.82, 2.24) is 19.7 Å². The van der Waals surface area contributed by atoms with Crippen LogP contribution in [0.25, 0.3) is 0 Å². The van der Waals surface area contributed by atoms with E-state index < -0.39 is 0 Å². The lowest BCUT2D eigenvalue weighted by atomic mass is 10.3. The first-order valence-electron chi connectivity index (χ1n) is 7.68. The molecule has 1 saturated heterocycles. The number of hydrogen-bond donors (Lipinski definition) is 1. The fourth-order valence-electron chi connectivity index (χ4n) is 2.66. The summed E-state index contributed by atoms with van der Waals surface area (Å²) >= 11 is 0. The van der Waals surface area contributed by atoms with Crippen molar-refractivity contribution in [3.05, 3.63) is 24.7 Å². The van der Waals surface area contributed by atoms with Gasteiger partial charge in [-0.05, 0) is 13.3 Å². The summed E-state index contributed by atoms with van der Waals surface area (Å²) in [6, 6.07) is 2.05. The van der Waals surface area contributed by atoms with Crippen LogP contribution in [0.5, 0.6) is 5.88 Å². The first-order valence-corrected chi connectivity index (χ1v) is 7.68. The van der Waals surface area contributed by atoms with Gasteiger partial charge in [0.1, 0.15) is 0 Å². The number of anilines is 2. The van der Waals surface area contributed by atoms with Gasteiger partial charge in [0.25, 0.3) is 0 Å². The largest absolute Gasteiger partial charge is 0.477 e. The molecule has 3 heterocycles. The van der Waals surface area contributed by atoms with E-state index in [0.717, 1.165) is 25.3 Å². The number of carbonyl (C=O) groups excluding carboxylic acids is 1. The van der Waals surface area contributed by atoms with Gasteiger partial charge in [0.05, 0.1) is 25.0 Å². The van der Waals surface area contributed by atoms with Gasteiger partial charge in [-0.25, -0.2) is 0 Å². The molecule has 2 aromatic heterocycles. The molecular formula is C15H20N6O2. The second-order valence-corrected chi connectivity index (χ2v) is 5.40. The number of aromatic nitrogens is 4. The highest BCUT2D eigenvalue weighted by molar-refractivity contribution is 5.87. The Morgan fingerprint density at radius 3 is 3.13 bits per heavy atom. The molecule has 122 valence electrons. The Morgan fingerprint density at radius 1 is 1.48 bits per heavy atom. The van der Waals surface area contributed by atoms with Crippen molar-refractivity contribution in [3.63, 3.8) is 0 Å². The molecule has 3 rings (SSSR count). The molecule has 1 atom stereocenters. The highest BCUT2D eigenvalue weighted by Gasteiger charge is 2.26. The molecule has 0 spiro atoms. The van der Waals surface area contributed by atoms with Crippen LogP contribution in [0.2, 0.25) is 0 Å². The summed E-state index contributed by atoms with van der Waals surface area (Å²) in [5.41, 5.74) is 0. The third kappa shape index (κ3) is 3.58. The van der Waals surface area contributed by atoms with Gasteiger partial charge in [-0.3, -0.25) is 14.5 Å². The van der Waals surface area contributed by atoms with Gasteiger partial charge in [-0.2, -0.15) is 10.1 Å². The van der Waals surface area contributed by atoms with Gasteiger partial charge in [0.15, 0.2) is 11.6 Å². The summed E-state index contributed by atoms with van der Waals surface area (Å²) < 4.78 is 7.29. The molecule has 8 heteroatoms. The summed E-state index contributed by atoms with van der Waals surface area (Å²) in [5.74, 6) is 1.81. The molecule has 8 nitrogen and oxygen atoms in total. The Labute approximate surface area is 134 Å². The van der Waals surface area contributed by atoms with E-state index in [1.807, 2.05) is 17.8 Å². The standard InChI is InChI=1S/C15H20N6O2/c1-3-23-15-9-16-8-14(18-15)20-6-4-12(10-20)21-7-5-13(19-21)17-11(2)22/h5,7-9,12H,3-4,6,10H2,1-2H3,(H,17,19,22)/t12-/m0/s1. The van der Waals surface area contributed by atoms with Gasteiger partial charge in [-0.1, -0.05) is 0 Å². The summed E-state index contributed by atoms with van der Waals surface area (Å²) in [6.07, 6.45) is 6.22. The van der Waals surface area contributed by atoms with Gasteiger partial charge < -0.3 is 15.0 Å². The van der Waals surface area contributed by atoms with Crippen molar-refractivity contribution in [1.29, 1.82) is 0 Å². The molecular weight excluding hydrogens is 296 g/mol. The zero-order valence-corrected chi connectivity index (χ0v) is 13.3. The first-order chi connectivity index (χ1) is 11.2. The number of rotatable bonds is 5. The fraction of sp³-hybridized carbons (Fsp3) is 0.467. The summed E-state index contributed by atoms with van der Waals surface area (Å²) in [4.78, 5) is 21.9. The monoisotopic (exact) mass is 316 g/mol. The van der Waals surface area contributed by atoms with E-state index in [-0.39, 0.29) is 11.9 Å². The molecule has 23 heavy (non-hydrogen) atoms. The van der Waals surface area contributed by atoms with Crippen molar-refractivity contribution in [2.24, 2.45) is 0 Å². The van der Waals surface area contributed by atoms with Crippen molar-refractivity contribution in [3.8, 4) is 5.88 Å². The van der Waals surface area contributed by atoms with E-state index in [4.69, 9.17) is 4.74 Å². The molecule has 1 aliphatic rings. The van der Waals surface area contributed by atoms with E-state index in [0.29, 0.717) is 18.3 Å². The quantitative estimate of drug-likeness (QED) is 0.899. The number of amides is 1. The van der Waals surface area contributed by atoms with Gasteiger partial charge in [-0.15, -0.1) is 0 Å². The lowest BCUT2D eigenvalue weighted by Gasteiger charge is -2.17. The number of carbonyl (C=O) groups is 1. The van der Waals surface area contributed by atoms with E-state index in [1.165, 1.54) is 6.92 Å². The Bertz CT molecular complexity index is 686. The van der Waals surface area contributed by atoms with Crippen LogP contribution in [0.15, 0.2) is 24.7 Å². The third-order valence-electron chi connectivity index (χ3n) is 3.67. The molecule has 0 bridgehead atoms. The van der Waals surface area contributed by atoms with Crippen LogP contribution in [0.3, 0.4) is 0 Å². The van der Waals surface area contributed by atoms with Crippen LogP contribution in [0.1, 0.15) is 26.3 Å². The van der Waals surface area contributed by atoms with E-state index >= 15 is 0 Å². The normalized spacial score (nSPS) is 17.3. The molecule has 0 unspecified atom stereocenters. The minimum Gasteiger partial charge on any atom is -0.477 e. The van der Waals surface area contributed by atoms with Gasteiger partial charge in [0.2, 0.25) is 11.8 Å². The predicted octanol–water partition coefficient (Wildman–Crippen LogP) is 1.48. The van der Waals surface area contributed by atoms with Crippen molar-refractivity contribution in [2.45, 2.75) is 26.3 Å². The average molecular weight is 316 g/mol. The second kappa shape index (κ2) is 6.64. The Balaban J connectivity index is 1.67. The van der Waals surface area contributed by atoms with Gasteiger partial charge >= 0.3 is 0 Å². The number of nitrogens with zero attached hydrogens (tertiary/aromatic N) is 5. The van der Waals surface area contributed by atoms with Crippen LogP contribution in [0.4, 0.5) is 11.6 Å². The maximum atomic E-state index is 11.1. The maximum Gasteiger partial charge on any atom is 0.234 e. The van der Waals surface area contributed by atoms with E-state index in [9.17, 15) is 4.79 Å². The molecule has 1 amide bonds. The second-order valence-electron chi connectivity index (χ2n) is 5.40. The zero-order chi connectivity index (χ0) is 16.2. The summed E-state index contributed by atoms with van der Waals surface area (Å²) in [7, 11) is 0. The SMILES string of the molecule is CCOc1cncc(N2CC[C@H](n3ccc(NC(C)=O)n3)C2)n1.